The van der Waals surface area contributed by atoms with Crippen molar-refractivity contribution in [3.05, 3.63) is 23.3 Å². The molecule has 1 aromatic rings. The van der Waals surface area contributed by atoms with E-state index in [9.17, 15) is 9.59 Å². The van der Waals surface area contributed by atoms with Gasteiger partial charge in [0.1, 0.15) is 11.5 Å². The second-order valence-electron chi connectivity index (χ2n) is 4.24. The highest BCUT2D eigenvalue weighted by Gasteiger charge is 2.23. The summed E-state index contributed by atoms with van der Waals surface area (Å²) in [6.45, 7) is 2.33. The van der Waals surface area contributed by atoms with Crippen LogP contribution in [0.2, 0.25) is 0 Å². The van der Waals surface area contributed by atoms with E-state index in [0.717, 1.165) is 6.42 Å². The fraction of sp³-hybridized carbons (Fsp3) is 0.429. The zero-order chi connectivity index (χ0) is 13.1. The lowest BCUT2D eigenvalue weighted by atomic mass is 9.98. The standard InChI is InChI=1S/C14H16O4/c1-3-4-11(15)9-7-10-12(16)5-6-18-14(10)8-13(9)17-2/h7-8H,3-6H2,1-2H3. The summed E-state index contributed by atoms with van der Waals surface area (Å²) in [4.78, 5) is 23.8. The Morgan fingerprint density at radius 3 is 2.89 bits per heavy atom. The Hall–Kier alpha value is -1.84. The molecule has 0 amide bonds. The average molecular weight is 248 g/mol. The highest BCUT2D eigenvalue weighted by Crippen LogP contribution is 2.33. The molecule has 0 aliphatic carbocycles. The third-order valence-corrected chi connectivity index (χ3v) is 2.97. The van der Waals surface area contributed by atoms with Crippen LogP contribution >= 0.6 is 0 Å². The first-order chi connectivity index (χ1) is 8.67. The molecule has 1 aliphatic heterocycles. The van der Waals surface area contributed by atoms with E-state index < -0.39 is 0 Å². The maximum Gasteiger partial charge on any atom is 0.170 e. The molecule has 0 atom stereocenters. The predicted molar refractivity (Wildman–Crippen MR) is 66.7 cm³/mol. The van der Waals surface area contributed by atoms with Crippen molar-refractivity contribution in [1.82, 2.24) is 0 Å². The van der Waals surface area contributed by atoms with Gasteiger partial charge in [0.05, 0.1) is 24.8 Å². The summed E-state index contributed by atoms with van der Waals surface area (Å²) < 4.78 is 10.6. The van der Waals surface area contributed by atoms with Crippen molar-refractivity contribution in [2.45, 2.75) is 26.2 Å². The van der Waals surface area contributed by atoms with Gasteiger partial charge in [0.25, 0.3) is 0 Å². The monoisotopic (exact) mass is 248 g/mol. The van der Waals surface area contributed by atoms with Crippen molar-refractivity contribution in [3.8, 4) is 11.5 Å². The molecule has 0 spiro atoms. The quantitative estimate of drug-likeness (QED) is 0.769. The van der Waals surface area contributed by atoms with Gasteiger partial charge < -0.3 is 9.47 Å². The van der Waals surface area contributed by atoms with Crippen LogP contribution in [0, 0.1) is 0 Å². The van der Waals surface area contributed by atoms with Crippen LogP contribution in [0.1, 0.15) is 46.9 Å². The van der Waals surface area contributed by atoms with Crippen molar-refractivity contribution in [2.24, 2.45) is 0 Å². The molecule has 1 aromatic carbocycles. The number of carbonyl (C=O) groups is 2. The molecule has 0 fully saturated rings. The molecule has 2 rings (SSSR count). The van der Waals surface area contributed by atoms with Crippen molar-refractivity contribution < 1.29 is 19.1 Å². The molecular weight excluding hydrogens is 232 g/mol. The van der Waals surface area contributed by atoms with Crippen LogP contribution in [0.4, 0.5) is 0 Å². The lowest BCUT2D eigenvalue weighted by Crippen LogP contribution is -2.16. The molecular formula is C14H16O4. The molecule has 0 unspecified atom stereocenters. The molecule has 0 radical (unpaired) electrons. The van der Waals surface area contributed by atoms with Crippen LogP contribution in [0.3, 0.4) is 0 Å². The van der Waals surface area contributed by atoms with Crippen LogP contribution < -0.4 is 9.47 Å². The van der Waals surface area contributed by atoms with Gasteiger partial charge in [-0.15, -0.1) is 0 Å². The fourth-order valence-corrected chi connectivity index (χ4v) is 2.04. The number of rotatable bonds is 4. The maximum atomic E-state index is 12.0. The third-order valence-electron chi connectivity index (χ3n) is 2.97. The normalized spacial score (nSPS) is 13.8. The molecule has 0 N–H and O–H groups in total. The second kappa shape index (κ2) is 5.21. The highest BCUT2D eigenvalue weighted by molar-refractivity contribution is 6.05. The minimum atomic E-state index is -0.00414. The van der Waals surface area contributed by atoms with Crippen molar-refractivity contribution >= 4 is 11.6 Å². The summed E-state index contributed by atoms with van der Waals surface area (Å²) in [5.41, 5.74) is 0.957. The van der Waals surface area contributed by atoms with Crippen LogP contribution in [-0.2, 0) is 0 Å². The average Bonchev–Trinajstić information content (AvgIpc) is 2.38. The lowest BCUT2D eigenvalue weighted by molar-refractivity contribution is 0.0933. The number of benzene rings is 1. The molecule has 0 saturated heterocycles. The zero-order valence-electron chi connectivity index (χ0n) is 10.6. The minimum absolute atomic E-state index is 0.00414. The number of hydrogen-bond acceptors (Lipinski definition) is 4. The number of fused-ring (bicyclic) bond motifs is 1. The van der Waals surface area contributed by atoms with E-state index in [2.05, 4.69) is 0 Å². The highest BCUT2D eigenvalue weighted by atomic mass is 16.5. The Kier molecular flexibility index (Phi) is 3.65. The van der Waals surface area contributed by atoms with Gasteiger partial charge in [0, 0.05) is 18.9 Å². The molecule has 4 nitrogen and oxygen atoms in total. The van der Waals surface area contributed by atoms with Crippen LogP contribution in [0.25, 0.3) is 0 Å². The van der Waals surface area contributed by atoms with Gasteiger partial charge >= 0.3 is 0 Å². The van der Waals surface area contributed by atoms with Gasteiger partial charge in [-0.1, -0.05) is 6.92 Å². The van der Waals surface area contributed by atoms with Gasteiger partial charge in [-0.3, -0.25) is 9.59 Å². The number of carbonyl (C=O) groups excluding carboxylic acids is 2. The summed E-state index contributed by atoms with van der Waals surface area (Å²) in [5.74, 6) is 0.998. The number of Topliss-reactive ketones (excluding diaryl/α,β-unsaturated/α-hetero) is 2. The fourth-order valence-electron chi connectivity index (χ4n) is 2.04. The first-order valence-electron chi connectivity index (χ1n) is 6.08. The largest absolute Gasteiger partial charge is 0.496 e. The maximum absolute atomic E-state index is 12.0. The molecule has 0 bridgehead atoms. The topological polar surface area (TPSA) is 52.6 Å². The van der Waals surface area contributed by atoms with Crippen molar-refractivity contribution in [2.75, 3.05) is 13.7 Å². The Morgan fingerprint density at radius 2 is 2.22 bits per heavy atom. The predicted octanol–water partition coefficient (Wildman–Crippen LogP) is 2.64. The number of methoxy groups -OCH3 is 1. The smallest absolute Gasteiger partial charge is 0.170 e. The van der Waals surface area contributed by atoms with Gasteiger partial charge in [-0.05, 0) is 12.5 Å². The molecule has 1 heterocycles. The Balaban J connectivity index is 2.48. The molecule has 0 aromatic heterocycles. The number of hydrogen-bond donors (Lipinski definition) is 0. The second-order valence-corrected chi connectivity index (χ2v) is 4.24. The van der Waals surface area contributed by atoms with E-state index in [0.29, 0.717) is 42.1 Å². The molecule has 96 valence electrons. The Labute approximate surface area is 106 Å². The summed E-state index contributed by atoms with van der Waals surface area (Å²) in [5, 5.41) is 0. The SMILES string of the molecule is CCCC(=O)c1cc2c(cc1OC)OCCC2=O. The van der Waals surface area contributed by atoms with Crippen LogP contribution in [0.5, 0.6) is 11.5 Å². The van der Waals surface area contributed by atoms with E-state index >= 15 is 0 Å². The van der Waals surface area contributed by atoms with Crippen LogP contribution in [-0.4, -0.2) is 25.3 Å². The molecule has 1 aliphatic rings. The van der Waals surface area contributed by atoms with E-state index in [1.165, 1.54) is 7.11 Å². The summed E-state index contributed by atoms with van der Waals surface area (Å²) in [6.07, 6.45) is 1.58. The number of ketones is 2. The molecule has 0 saturated carbocycles. The molecule has 4 heteroatoms. The third kappa shape index (κ3) is 2.23. The Bertz CT molecular complexity index is 491. The summed E-state index contributed by atoms with van der Waals surface area (Å²) >= 11 is 0. The zero-order valence-corrected chi connectivity index (χ0v) is 10.6. The number of ether oxygens (including phenoxy) is 2. The van der Waals surface area contributed by atoms with Crippen LogP contribution in [0.15, 0.2) is 12.1 Å². The lowest BCUT2D eigenvalue weighted by Gasteiger charge is -2.18. The van der Waals surface area contributed by atoms with E-state index in [-0.39, 0.29) is 11.6 Å². The van der Waals surface area contributed by atoms with Gasteiger partial charge in [0.15, 0.2) is 11.6 Å². The first kappa shape index (κ1) is 12.6. The van der Waals surface area contributed by atoms with Crippen molar-refractivity contribution in [1.29, 1.82) is 0 Å². The van der Waals surface area contributed by atoms with Gasteiger partial charge in [-0.2, -0.15) is 0 Å². The van der Waals surface area contributed by atoms with E-state index in [1.54, 1.807) is 12.1 Å². The molecule has 18 heavy (non-hydrogen) atoms. The van der Waals surface area contributed by atoms with Gasteiger partial charge in [-0.25, -0.2) is 0 Å². The summed E-state index contributed by atoms with van der Waals surface area (Å²) in [7, 11) is 1.51. The van der Waals surface area contributed by atoms with Gasteiger partial charge in [0.2, 0.25) is 0 Å². The van der Waals surface area contributed by atoms with E-state index in [1.807, 2.05) is 6.92 Å². The van der Waals surface area contributed by atoms with E-state index in [4.69, 9.17) is 9.47 Å². The minimum Gasteiger partial charge on any atom is -0.496 e. The Morgan fingerprint density at radius 1 is 1.44 bits per heavy atom. The first-order valence-corrected chi connectivity index (χ1v) is 6.08. The summed E-state index contributed by atoms with van der Waals surface area (Å²) in [6, 6.07) is 3.24. The van der Waals surface area contributed by atoms with Crippen molar-refractivity contribution in [3.63, 3.8) is 0 Å².